The van der Waals surface area contributed by atoms with E-state index in [4.69, 9.17) is 0 Å². The Kier molecular flexibility index (Phi) is 5.31. The minimum Gasteiger partial charge on any atom is -0.309 e. The maximum absolute atomic E-state index is 2.49. The van der Waals surface area contributed by atoms with Gasteiger partial charge in [0.05, 0.1) is 27.9 Å². The van der Waals surface area contributed by atoms with Crippen LogP contribution >= 0.6 is 11.3 Å². The fourth-order valence-corrected chi connectivity index (χ4v) is 8.81. The molecule has 10 rings (SSSR count). The number of hydrogen-bond donors (Lipinski definition) is 0. The quantitative estimate of drug-likeness (QED) is 0.193. The molecule has 2 nitrogen and oxygen atoms in total. The van der Waals surface area contributed by atoms with Crippen molar-refractivity contribution in [2.75, 3.05) is 0 Å². The van der Waals surface area contributed by atoms with E-state index in [9.17, 15) is 0 Å². The van der Waals surface area contributed by atoms with Crippen molar-refractivity contribution in [1.82, 2.24) is 9.13 Å². The molecule has 3 heteroatoms. The van der Waals surface area contributed by atoms with Crippen molar-refractivity contribution in [3.05, 3.63) is 151 Å². The number of para-hydroxylation sites is 4. The first-order valence-electron chi connectivity index (χ1n) is 15.7. The molecule has 6 aromatic carbocycles. The molecule has 0 saturated heterocycles. The van der Waals surface area contributed by atoms with Crippen molar-refractivity contribution >= 4 is 70.3 Å². The lowest BCUT2D eigenvalue weighted by Crippen LogP contribution is -2.04. The summed E-state index contributed by atoms with van der Waals surface area (Å²) in [4.78, 5) is 0. The lowest BCUT2D eigenvalue weighted by molar-refractivity contribution is 0.968. The molecule has 0 aliphatic heterocycles. The molecule has 0 N–H and O–H groups in total. The van der Waals surface area contributed by atoms with Gasteiger partial charge in [0.2, 0.25) is 0 Å². The van der Waals surface area contributed by atoms with Gasteiger partial charge in [-0.3, -0.25) is 0 Å². The molecule has 0 unspecified atom stereocenters. The Balaban J connectivity index is 1.28. The van der Waals surface area contributed by atoms with Crippen molar-refractivity contribution < 1.29 is 0 Å². The fourth-order valence-electron chi connectivity index (χ4n) is 7.69. The Hall–Kier alpha value is -5.38. The third kappa shape index (κ3) is 3.56. The fraction of sp³-hybridized carbons (Fsp3) is 0.0476. The zero-order valence-corrected chi connectivity index (χ0v) is 25.4. The van der Waals surface area contributed by atoms with Gasteiger partial charge in [-0.1, -0.05) is 97.1 Å². The average molecular weight is 593 g/mol. The number of allylic oxidation sites excluding steroid dienone is 1. The van der Waals surface area contributed by atoms with Crippen LogP contribution in [-0.4, -0.2) is 9.13 Å². The van der Waals surface area contributed by atoms with Gasteiger partial charge >= 0.3 is 0 Å². The Morgan fingerprint density at radius 2 is 1.09 bits per heavy atom. The van der Waals surface area contributed by atoms with Crippen molar-refractivity contribution in [1.29, 1.82) is 0 Å². The van der Waals surface area contributed by atoms with Gasteiger partial charge in [-0.15, -0.1) is 11.3 Å². The highest BCUT2D eigenvalue weighted by atomic mass is 32.1. The van der Waals surface area contributed by atoms with Gasteiger partial charge in [-0.2, -0.15) is 0 Å². The van der Waals surface area contributed by atoms with E-state index in [-0.39, 0.29) is 0 Å². The van der Waals surface area contributed by atoms with Gasteiger partial charge in [-0.05, 0) is 66.9 Å². The van der Waals surface area contributed by atoms with Gasteiger partial charge in [0, 0.05) is 53.2 Å². The SMILES string of the molecule is C1=Cc2c(c3ccccc3n2-c2ccccc2-c2ccccc2-n2c3ccccc3c3cc4c(cc32)sc2ccccc24)CC1. The number of thiophene rings is 1. The van der Waals surface area contributed by atoms with E-state index in [1.807, 2.05) is 11.3 Å². The smallest absolute Gasteiger partial charge is 0.0555 e. The first-order chi connectivity index (χ1) is 22.3. The van der Waals surface area contributed by atoms with E-state index in [1.54, 1.807) is 0 Å². The molecule has 1 aliphatic carbocycles. The maximum Gasteiger partial charge on any atom is 0.0555 e. The molecular weight excluding hydrogens is 565 g/mol. The Morgan fingerprint density at radius 3 is 1.89 bits per heavy atom. The number of nitrogens with zero attached hydrogens (tertiary/aromatic N) is 2. The molecule has 0 radical (unpaired) electrons. The molecule has 0 atom stereocenters. The summed E-state index contributed by atoms with van der Waals surface area (Å²) in [6.45, 7) is 0. The van der Waals surface area contributed by atoms with Crippen LogP contribution in [0.25, 0.3) is 81.5 Å². The molecule has 3 aromatic heterocycles. The van der Waals surface area contributed by atoms with Crippen LogP contribution < -0.4 is 0 Å². The van der Waals surface area contributed by atoms with E-state index in [0.717, 1.165) is 12.8 Å². The van der Waals surface area contributed by atoms with E-state index >= 15 is 0 Å². The highest BCUT2D eigenvalue weighted by Crippen LogP contribution is 2.43. The van der Waals surface area contributed by atoms with E-state index < -0.39 is 0 Å². The van der Waals surface area contributed by atoms with Crippen molar-refractivity contribution in [2.24, 2.45) is 0 Å². The predicted octanol–water partition coefficient (Wildman–Crippen LogP) is 11.7. The first-order valence-corrected chi connectivity index (χ1v) is 16.5. The van der Waals surface area contributed by atoms with Crippen LogP contribution in [0.15, 0.2) is 140 Å². The minimum absolute atomic E-state index is 1.08. The number of benzene rings is 6. The minimum atomic E-state index is 1.08. The Labute approximate surface area is 264 Å². The Bertz CT molecular complexity index is 2660. The zero-order chi connectivity index (χ0) is 29.5. The summed E-state index contributed by atoms with van der Waals surface area (Å²) in [6.07, 6.45) is 6.81. The highest BCUT2D eigenvalue weighted by Gasteiger charge is 2.22. The number of hydrogen-bond acceptors (Lipinski definition) is 1. The summed E-state index contributed by atoms with van der Waals surface area (Å²) in [5.41, 5.74) is 11.3. The lowest BCUT2D eigenvalue weighted by atomic mass is 10.00. The van der Waals surface area contributed by atoms with Crippen molar-refractivity contribution in [3.63, 3.8) is 0 Å². The van der Waals surface area contributed by atoms with Crippen LogP contribution in [0.3, 0.4) is 0 Å². The molecule has 1 aliphatic rings. The molecule has 0 fully saturated rings. The van der Waals surface area contributed by atoms with Gasteiger partial charge in [-0.25, -0.2) is 0 Å². The summed E-state index contributed by atoms with van der Waals surface area (Å²) in [5.74, 6) is 0. The van der Waals surface area contributed by atoms with E-state index in [0.29, 0.717) is 0 Å². The first kappa shape index (κ1) is 25.0. The number of fused-ring (bicyclic) bond motifs is 9. The summed E-state index contributed by atoms with van der Waals surface area (Å²) < 4.78 is 7.63. The molecule has 0 amide bonds. The predicted molar refractivity (Wildman–Crippen MR) is 193 cm³/mol. The Morgan fingerprint density at radius 1 is 0.467 bits per heavy atom. The van der Waals surface area contributed by atoms with E-state index in [1.165, 1.54) is 86.6 Å². The standard InChI is InChI=1S/C42H28N2S/c1-7-19-35-27(13-1)28-14-2-8-20-36(28)43(35)37-21-9-3-15-29(37)30-16-4-10-22-38(30)44-39-23-11-5-17-31(39)33-25-34-32-18-6-12-24-41(32)45-42(34)26-40(33)44/h1,3-13,15-26H,2,14H2. The normalized spacial score (nSPS) is 13.1. The van der Waals surface area contributed by atoms with Gasteiger partial charge in [0.25, 0.3) is 0 Å². The summed E-state index contributed by atoms with van der Waals surface area (Å²) in [5, 5.41) is 6.60. The average Bonchev–Trinajstić information content (AvgIpc) is 3.74. The largest absolute Gasteiger partial charge is 0.309 e. The number of rotatable bonds is 3. The molecular formula is C42H28N2S. The summed E-state index contributed by atoms with van der Waals surface area (Å²) >= 11 is 1.88. The molecule has 0 bridgehead atoms. The van der Waals surface area contributed by atoms with Crippen molar-refractivity contribution in [2.45, 2.75) is 12.8 Å². The van der Waals surface area contributed by atoms with Crippen molar-refractivity contribution in [3.8, 4) is 22.5 Å². The van der Waals surface area contributed by atoms with Crippen LogP contribution in [0.5, 0.6) is 0 Å². The highest BCUT2D eigenvalue weighted by molar-refractivity contribution is 7.25. The second kappa shape index (κ2) is 9.56. The molecule has 9 aromatic rings. The van der Waals surface area contributed by atoms with Crippen LogP contribution in [0, 0.1) is 0 Å². The van der Waals surface area contributed by atoms with Gasteiger partial charge in [0.1, 0.15) is 0 Å². The topological polar surface area (TPSA) is 9.86 Å². The van der Waals surface area contributed by atoms with Crippen LogP contribution in [-0.2, 0) is 6.42 Å². The van der Waals surface area contributed by atoms with Gasteiger partial charge < -0.3 is 9.13 Å². The molecule has 212 valence electrons. The van der Waals surface area contributed by atoms with E-state index in [2.05, 4.69) is 155 Å². The number of aromatic nitrogens is 2. The molecule has 0 spiro atoms. The van der Waals surface area contributed by atoms with Gasteiger partial charge in [0.15, 0.2) is 0 Å². The monoisotopic (exact) mass is 592 g/mol. The maximum atomic E-state index is 2.49. The zero-order valence-electron chi connectivity index (χ0n) is 24.6. The molecule has 45 heavy (non-hydrogen) atoms. The lowest BCUT2D eigenvalue weighted by Gasteiger charge is -2.19. The van der Waals surface area contributed by atoms with Crippen LogP contribution in [0.4, 0.5) is 0 Å². The summed E-state index contributed by atoms with van der Waals surface area (Å²) in [6, 6.07) is 49.2. The second-order valence-electron chi connectivity index (χ2n) is 12.0. The second-order valence-corrected chi connectivity index (χ2v) is 13.1. The third-order valence-corrected chi connectivity index (χ3v) is 10.7. The molecule has 0 saturated carbocycles. The summed E-state index contributed by atoms with van der Waals surface area (Å²) in [7, 11) is 0. The van der Waals surface area contributed by atoms with Crippen LogP contribution in [0.1, 0.15) is 17.7 Å². The molecule has 3 heterocycles. The number of aryl methyl sites for hydroxylation is 1. The third-order valence-electron chi connectivity index (χ3n) is 9.61. The van der Waals surface area contributed by atoms with Crippen LogP contribution in [0.2, 0.25) is 0 Å².